The van der Waals surface area contributed by atoms with Crippen LogP contribution in [-0.2, 0) is 4.79 Å². The van der Waals surface area contributed by atoms with Gasteiger partial charge in [0, 0.05) is 44.0 Å². The molecule has 1 aromatic rings. The lowest BCUT2D eigenvalue weighted by Crippen LogP contribution is -2.57. The molecule has 0 unspecified atom stereocenters. The molecule has 0 radical (unpaired) electrons. The minimum atomic E-state index is -0.712. The van der Waals surface area contributed by atoms with Gasteiger partial charge in [0.15, 0.2) is 0 Å². The fourth-order valence-electron chi connectivity index (χ4n) is 2.83. The predicted molar refractivity (Wildman–Crippen MR) is 93.2 cm³/mol. The zero-order valence-electron chi connectivity index (χ0n) is 14.3. The number of hydrogen-bond acceptors (Lipinski definition) is 5. The highest BCUT2D eigenvalue weighted by Gasteiger charge is 2.30. The van der Waals surface area contributed by atoms with Crippen molar-refractivity contribution in [2.45, 2.75) is 19.9 Å². The quantitative estimate of drug-likeness (QED) is 0.605. The number of hydrogen-bond donors (Lipinski definition) is 2. The van der Waals surface area contributed by atoms with Gasteiger partial charge < -0.3 is 20.9 Å². The molecule has 0 saturated carbocycles. The molecule has 0 aliphatic carbocycles. The van der Waals surface area contributed by atoms with Crippen molar-refractivity contribution in [3.63, 3.8) is 0 Å². The largest absolute Gasteiger partial charge is 0.368 e. The Morgan fingerprint density at radius 2 is 1.72 bits per heavy atom. The summed E-state index contributed by atoms with van der Waals surface area (Å²) < 4.78 is 0. The van der Waals surface area contributed by atoms with Gasteiger partial charge in [-0.1, -0.05) is 13.8 Å². The first-order chi connectivity index (χ1) is 11.8. The van der Waals surface area contributed by atoms with E-state index in [1.165, 1.54) is 12.1 Å². The number of nitro groups is 1. The molecule has 1 aliphatic rings. The van der Waals surface area contributed by atoms with Crippen LogP contribution in [0.5, 0.6) is 0 Å². The van der Waals surface area contributed by atoms with E-state index in [1.54, 1.807) is 17.0 Å². The Kier molecular flexibility index (Phi) is 5.79. The fourth-order valence-corrected chi connectivity index (χ4v) is 2.83. The molecule has 2 rings (SSSR count). The third kappa shape index (κ3) is 4.59. The van der Waals surface area contributed by atoms with E-state index in [0.29, 0.717) is 26.2 Å². The number of anilines is 1. The number of carbonyl (C=O) groups excluding carboxylic acids is 2. The fraction of sp³-hybridized carbons (Fsp3) is 0.500. The van der Waals surface area contributed by atoms with Gasteiger partial charge in [-0.25, -0.2) is 4.79 Å². The maximum absolute atomic E-state index is 12.6. The number of primary amides is 1. The number of non-ortho nitro benzene ring substituents is 1. The van der Waals surface area contributed by atoms with Crippen LogP contribution >= 0.6 is 0 Å². The Bertz CT molecular complexity index is 638. The highest BCUT2D eigenvalue weighted by Crippen LogP contribution is 2.21. The van der Waals surface area contributed by atoms with E-state index in [0.717, 1.165) is 5.69 Å². The summed E-state index contributed by atoms with van der Waals surface area (Å²) in [4.78, 5) is 37.8. The van der Waals surface area contributed by atoms with Gasteiger partial charge in [0.05, 0.1) is 4.92 Å². The van der Waals surface area contributed by atoms with Crippen LogP contribution in [0.4, 0.5) is 16.2 Å². The summed E-state index contributed by atoms with van der Waals surface area (Å²) in [6.45, 7) is 5.96. The van der Waals surface area contributed by atoms with Crippen LogP contribution in [-0.4, -0.2) is 54.0 Å². The average molecular weight is 349 g/mol. The molecule has 1 atom stereocenters. The zero-order valence-corrected chi connectivity index (χ0v) is 14.3. The van der Waals surface area contributed by atoms with E-state index < -0.39 is 17.0 Å². The normalized spacial score (nSPS) is 15.8. The van der Waals surface area contributed by atoms with Crippen molar-refractivity contribution in [2.24, 2.45) is 11.7 Å². The van der Waals surface area contributed by atoms with Crippen molar-refractivity contribution in [3.8, 4) is 0 Å². The van der Waals surface area contributed by atoms with E-state index >= 15 is 0 Å². The number of nitrogens with zero attached hydrogens (tertiary/aromatic N) is 3. The number of benzene rings is 1. The maximum atomic E-state index is 12.6. The number of nitrogens with two attached hydrogens (primary N) is 1. The lowest BCUT2D eigenvalue weighted by molar-refractivity contribution is -0.384. The number of piperazine rings is 1. The molecular weight excluding hydrogens is 326 g/mol. The monoisotopic (exact) mass is 349 g/mol. The predicted octanol–water partition coefficient (Wildman–Crippen LogP) is 0.936. The van der Waals surface area contributed by atoms with Crippen molar-refractivity contribution in [2.75, 3.05) is 31.1 Å². The highest BCUT2D eigenvalue weighted by molar-refractivity contribution is 5.87. The van der Waals surface area contributed by atoms with Crippen LogP contribution in [0.15, 0.2) is 24.3 Å². The van der Waals surface area contributed by atoms with E-state index in [-0.39, 0.29) is 17.5 Å². The number of nitro benzene ring substituents is 1. The molecule has 1 aliphatic heterocycles. The second-order valence-electron chi connectivity index (χ2n) is 6.32. The van der Waals surface area contributed by atoms with Gasteiger partial charge in [-0.2, -0.15) is 0 Å². The molecule has 1 fully saturated rings. The van der Waals surface area contributed by atoms with E-state index in [4.69, 9.17) is 5.73 Å². The van der Waals surface area contributed by atoms with Gasteiger partial charge in [-0.05, 0) is 18.1 Å². The Balaban J connectivity index is 1.97. The summed E-state index contributed by atoms with van der Waals surface area (Å²) in [5, 5.41) is 13.2. The van der Waals surface area contributed by atoms with Gasteiger partial charge in [0.2, 0.25) is 5.91 Å². The smallest absolute Gasteiger partial charge is 0.312 e. The first-order valence-corrected chi connectivity index (χ1v) is 8.13. The Labute approximate surface area is 145 Å². The average Bonchev–Trinajstić information content (AvgIpc) is 2.59. The van der Waals surface area contributed by atoms with Gasteiger partial charge in [-0.3, -0.25) is 14.9 Å². The summed E-state index contributed by atoms with van der Waals surface area (Å²) in [5.74, 6) is -0.204. The van der Waals surface area contributed by atoms with Gasteiger partial charge in [0.25, 0.3) is 5.69 Å². The minimum Gasteiger partial charge on any atom is -0.368 e. The van der Waals surface area contributed by atoms with Crippen LogP contribution in [0.1, 0.15) is 13.8 Å². The molecule has 1 heterocycles. The number of rotatable bonds is 5. The van der Waals surface area contributed by atoms with Crippen molar-refractivity contribution in [3.05, 3.63) is 34.4 Å². The Morgan fingerprint density at radius 1 is 1.16 bits per heavy atom. The van der Waals surface area contributed by atoms with Crippen LogP contribution in [0.3, 0.4) is 0 Å². The number of nitrogens with one attached hydrogen (secondary N) is 1. The standard InChI is InChI=1S/C16H23N5O4/c1-11(2)14(18-16(17)23)15(22)20-9-7-19(8-10-20)12-3-5-13(6-4-12)21(24)25/h3-6,11,14H,7-10H2,1-2H3,(H3,17,18,23)/t14-/m0/s1. The third-order valence-corrected chi connectivity index (χ3v) is 4.25. The summed E-state index contributed by atoms with van der Waals surface area (Å²) in [6, 6.07) is 5.01. The second kappa shape index (κ2) is 7.82. The lowest BCUT2D eigenvalue weighted by atomic mass is 10.0. The second-order valence-corrected chi connectivity index (χ2v) is 6.32. The van der Waals surface area contributed by atoms with E-state index in [2.05, 4.69) is 10.2 Å². The molecule has 9 heteroatoms. The summed E-state index contributed by atoms with van der Waals surface area (Å²) in [6.07, 6.45) is 0. The molecule has 0 spiro atoms. The van der Waals surface area contributed by atoms with Crippen molar-refractivity contribution >= 4 is 23.3 Å². The number of urea groups is 1. The van der Waals surface area contributed by atoms with Crippen molar-refractivity contribution in [1.82, 2.24) is 10.2 Å². The highest BCUT2D eigenvalue weighted by atomic mass is 16.6. The van der Waals surface area contributed by atoms with Gasteiger partial charge in [-0.15, -0.1) is 0 Å². The molecular formula is C16H23N5O4. The Hall–Kier alpha value is -2.84. The summed E-state index contributed by atoms with van der Waals surface area (Å²) in [7, 11) is 0. The van der Waals surface area contributed by atoms with Crippen LogP contribution < -0.4 is 16.0 Å². The minimum absolute atomic E-state index is 0.0508. The van der Waals surface area contributed by atoms with E-state index in [1.807, 2.05) is 13.8 Å². The SMILES string of the molecule is CC(C)[C@H](NC(N)=O)C(=O)N1CCN(c2ccc([N+](=O)[O-])cc2)CC1. The third-order valence-electron chi connectivity index (χ3n) is 4.25. The summed E-state index contributed by atoms with van der Waals surface area (Å²) in [5.41, 5.74) is 6.09. The van der Waals surface area contributed by atoms with Gasteiger partial charge >= 0.3 is 6.03 Å². The van der Waals surface area contributed by atoms with Crippen LogP contribution in [0.2, 0.25) is 0 Å². The first kappa shape index (κ1) is 18.5. The topological polar surface area (TPSA) is 122 Å². The molecule has 0 bridgehead atoms. The molecule has 3 amide bonds. The van der Waals surface area contributed by atoms with E-state index in [9.17, 15) is 19.7 Å². The number of amides is 3. The zero-order chi connectivity index (χ0) is 18.6. The van der Waals surface area contributed by atoms with Crippen LogP contribution in [0.25, 0.3) is 0 Å². The van der Waals surface area contributed by atoms with Crippen molar-refractivity contribution < 1.29 is 14.5 Å². The molecule has 1 saturated heterocycles. The molecule has 9 nitrogen and oxygen atoms in total. The molecule has 0 aromatic heterocycles. The Morgan fingerprint density at radius 3 is 2.16 bits per heavy atom. The molecule has 3 N–H and O–H groups in total. The van der Waals surface area contributed by atoms with Crippen molar-refractivity contribution in [1.29, 1.82) is 0 Å². The molecule has 1 aromatic carbocycles. The van der Waals surface area contributed by atoms with Crippen LogP contribution in [0, 0.1) is 16.0 Å². The van der Waals surface area contributed by atoms with Gasteiger partial charge in [0.1, 0.15) is 6.04 Å². The number of carbonyl (C=O) groups is 2. The molecule has 25 heavy (non-hydrogen) atoms. The first-order valence-electron chi connectivity index (χ1n) is 8.13. The lowest BCUT2D eigenvalue weighted by Gasteiger charge is -2.38. The molecule has 136 valence electrons. The summed E-state index contributed by atoms with van der Waals surface area (Å²) >= 11 is 0. The maximum Gasteiger partial charge on any atom is 0.312 e.